The first-order valence-corrected chi connectivity index (χ1v) is 9.73. The van der Waals surface area contributed by atoms with Gasteiger partial charge in [0, 0.05) is 30.7 Å². The zero-order valence-electron chi connectivity index (χ0n) is 14.9. The quantitative estimate of drug-likeness (QED) is 0.826. The predicted octanol–water partition coefficient (Wildman–Crippen LogP) is 4.38. The van der Waals surface area contributed by atoms with Gasteiger partial charge in [0.05, 0.1) is 17.8 Å². The number of aromatic nitrogens is 2. The minimum Gasteiger partial charge on any atom is -0.352 e. The number of pyridine rings is 1. The molecule has 3 heterocycles. The van der Waals surface area contributed by atoms with E-state index >= 15 is 0 Å². The Morgan fingerprint density at radius 2 is 2.00 bits per heavy atom. The van der Waals surface area contributed by atoms with E-state index < -0.39 is 0 Å². The first kappa shape index (κ1) is 16.6. The summed E-state index contributed by atoms with van der Waals surface area (Å²) in [5.41, 5.74) is 2.37. The number of nitrogens with zero attached hydrogens (tertiary/aromatic N) is 3. The normalized spacial score (nSPS) is 24.3. The number of thiocarbonyl (C=S) groups is 1. The Bertz CT molecular complexity index is 733. The molecule has 0 bridgehead atoms. The molecule has 1 aliphatic carbocycles. The molecule has 4 nitrogen and oxygen atoms in total. The molecule has 2 atom stereocenters. The summed E-state index contributed by atoms with van der Waals surface area (Å²) in [4.78, 5) is 6.92. The Balaban J connectivity index is 1.70. The second kappa shape index (κ2) is 6.79. The fourth-order valence-electron chi connectivity index (χ4n) is 4.31. The molecule has 2 aliphatic rings. The second-order valence-electron chi connectivity index (χ2n) is 7.46. The van der Waals surface area contributed by atoms with Crippen molar-refractivity contribution < 1.29 is 0 Å². The Morgan fingerprint density at radius 1 is 1.20 bits per heavy atom. The van der Waals surface area contributed by atoms with Crippen LogP contribution in [0.2, 0.25) is 0 Å². The van der Waals surface area contributed by atoms with E-state index in [9.17, 15) is 0 Å². The average molecular weight is 355 g/mol. The number of nitrogens with one attached hydrogen (secondary N) is 1. The van der Waals surface area contributed by atoms with Gasteiger partial charge >= 0.3 is 0 Å². The van der Waals surface area contributed by atoms with Crippen LogP contribution in [-0.2, 0) is 0 Å². The van der Waals surface area contributed by atoms with Crippen LogP contribution in [0.3, 0.4) is 0 Å². The lowest BCUT2D eigenvalue weighted by atomic mass is 9.98. The maximum Gasteiger partial charge on any atom is 0.170 e. The molecule has 1 aliphatic heterocycles. The summed E-state index contributed by atoms with van der Waals surface area (Å²) in [6.07, 6.45) is 11.7. The minimum absolute atomic E-state index is 0.0931. The summed E-state index contributed by atoms with van der Waals surface area (Å²) in [7, 11) is 0. The predicted molar refractivity (Wildman–Crippen MR) is 104 cm³/mol. The zero-order chi connectivity index (χ0) is 17.4. The van der Waals surface area contributed by atoms with E-state index in [1.807, 2.05) is 18.3 Å². The maximum absolute atomic E-state index is 5.67. The lowest BCUT2D eigenvalue weighted by Gasteiger charge is -2.30. The van der Waals surface area contributed by atoms with Crippen molar-refractivity contribution in [1.82, 2.24) is 19.8 Å². The molecule has 0 radical (unpaired) electrons. The van der Waals surface area contributed by atoms with Crippen molar-refractivity contribution >= 4 is 17.3 Å². The summed E-state index contributed by atoms with van der Waals surface area (Å²) in [5.74, 6) is 0. The van der Waals surface area contributed by atoms with Crippen molar-refractivity contribution in [2.45, 2.75) is 63.7 Å². The van der Waals surface area contributed by atoms with E-state index in [1.54, 1.807) is 0 Å². The Hall–Kier alpha value is -1.88. The van der Waals surface area contributed by atoms with Crippen LogP contribution in [0, 0.1) is 0 Å². The standard InChI is InChI=1S/C20H26N4S/c1-14(2)24-19(15-10-12-23(13-15)16-7-3-4-8-16)18(22-20(24)25)17-9-5-6-11-21-17/h5-6,9-14,16,18-19H,3-4,7-8H2,1-2H3,(H,22,25)/t18-,19-/m1/s1. The Labute approximate surface area is 155 Å². The molecule has 25 heavy (non-hydrogen) atoms. The topological polar surface area (TPSA) is 33.1 Å². The molecule has 0 spiro atoms. The summed E-state index contributed by atoms with van der Waals surface area (Å²) in [5, 5.41) is 4.34. The molecule has 132 valence electrons. The van der Waals surface area contributed by atoms with Crippen molar-refractivity contribution in [3.63, 3.8) is 0 Å². The third-order valence-corrected chi connectivity index (χ3v) is 5.85. The van der Waals surface area contributed by atoms with Crippen LogP contribution in [-0.4, -0.2) is 25.6 Å². The van der Waals surface area contributed by atoms with Crippen LogP contribution in [0.5, 0.6) is 0 Å². The Kier molecular flexibility index (Phi) is 4.50. The highest BCUT2D eigenvalue weighted by atomic mass is 32.1. The molecule has 2 fully saturated rings. The van der Waals surface area contributed by atoms with Gasteiger partial charge in [0.15, 0.2) is 5.11 Å². The van der Waals surface area contributed by atoms with Gasteiger partial charge in [-0.05, 0) is 62.7 Å². The smallest absolute Gasteiger partial charge is 0.170 e. The molecule has 1 saturated heterocycles. The van der Waals surface area contributed by atoms with Crippen LogP contribution in [0.1, 0.15) is 68.9 Å². The van der Waals surface area contributed by atoms with E-state index in [2.05, 4.69) is 58.1 Å². The van der Waals surface area contributed by atoms with E-state index in [4.69, 9.17) is 12.2 Å². The molecule has 1 saturated carbocycles. The lowest BCUT2D eigenvalue weighted by Crippen LogP contribution is -2.35. The highest BCUT2D eigenvalue weighted by molar-refractivity contribution is 7.80. The number of hydrogen-bond acceptors (Lipinski definition) is 2. The molecule has 2 aromatic rings. The molecular weight excluding hydrogens is 328 g/mol. The summed E-state index contributed by atoms with van der Waals surface area (Å²) < 4.78 is 2.41. The zero-order valence-corrected chi connectivity index (χ0v) is 15.7. The van der Waals surface area contributed by atoms with Gasteiger partial charge in [0.25, 0.3) is 0 Å². The van der Waals surface area contributed by atoms with Gasteiger partial charge in [0.2, 0.25) is 0 Å². The maximum atomic E-state index is 5.67. The van der Waals surface area contributed by atoms with Crippen molar-refractivity contribution in [1.29, 1.82) is 0 Å². The Morgan fingerprint density at radius 3 is 2.68 bits per heavy atom. The number of rotatable bonds is 4. The monoisotopic (exact) mass is 354 g/mol. The van der Waals surface area contributed by atoms with Gasteiger partial charge in [0.1, 0.15) is 0 Å². The van der Waals surface area contributed by atoms with Gasteiger partial charge in [-0.2, -0.15) is 0 Å². The fourth-order valence-corrected chi connectivity index (χ4v) is 4.76. The van der Waals surface area contributed by atoms with Crippen LogP contribution in [0.15, 0.2) is 42.9 Å². The molecule has 1 N–H and O–H groups in total. The van der Waals surface area contributed by atoms with E-state index in [0.29, 0.717) is 12.1 Å². The largest absolute Gasteiger partial charge is 0.352 e. The molecule has 5 heteroatoms. The molecule has 0 unspecified atom stereocenters. The third kappa shape index (κ3) is 3.06. The van der Waals surface area contributed by atoms with Crippen molar-refractivity contribution in [2.24, 2.45) is 0 Å². The van der Waals surface area contributed by atoms with Crippen LogP contribution < -0.4 is 5.32 Å². The summed E-state index contributed by atoms with van der Waals surface area (Å²) in [6.45, 7) is 4.41. The van der Waals surface area contributed by atoms with E-state index in [-0.39, 0.29) is 12.1 Å². The van der Waals surface area contributed by atoms with Gasteiger partial charge < -0.3 is 14.8 Å². The number of hydrogen-bond donors (Lipinski definition) is 1. The first-order chi connectivity index (χ1) is 12.1. The summed E-state index contributed by atoms with van der Waals surface area (Å²) >= 11 is 5.67. The highest BCUT2D eigenvalue weighted by Crippen LogP contribution is 2.40. The van der Waals surface area contributed by atoms with Crippen LogP contribution >= 0.6 is 12.2 Å². The fraction of sp³-hybridized carbons (Fsp3) is 0.500. The lowest BCUT2D eigenvalue weighted by molar-refractivity contribution is 0.269. The van der Waals surface area contributed by atoms with Gasteiger partial charge in [-0.1, -0.05) is 18.9 Å². The molecule has 0 aromatic carbocycles. The van der Waals surface area contributed by atoms with Crippen molar-refractivity contribution in [3.05, 3.63) is 54.1 Å². The van der Waals surface area contributed by atoms with Gasteiger partial charge in [-0.15, -0.1) is 0 Å². The second-order valence-corrected chi connectivity index (χ2v) is 7.84. The molecule has 0 amide bonds. The first-order valence-electron chi connectivity index (χ1n) is 9.32. The molecular formula is C20H26N4S. The van der Waals surface area contributed by atoms with Gasteiger partial charge in [-0.25, -0.2) is 0 Å². The SMILES string of the molecule is CC(C)N1C(=S)N[C@H](c2ccccn2)[C@H]1c1ccn(C2CCCC2)c1. The van der Waals surface area contributed by atoms with Crippen molar-refractivity contribution in [3.8, 4) is 0 Å². The highest BCUT2D eigenvalue weighted by Gasteiger charge is 2.41. The summed E-state index contributed by atoms with van der Waals surface area (Å²) in [6, 6.07) is 9.65. The van der Waals surface area contributed by atoms with Crippen LogP contribution in [0.25, 0.3) is 0 Å². The van der Waals surface area contributed by atoms with E-state index in [1.165, 1.54) is 31.2 Å². The average Bonchev–Trinajstić information content (AvgIpc) is 3.34. The van der Waals surface area contributed by atoms with Crippen LogP contribution in [0.4, 0.5) is 0 Å². The minimum atomic E-state index is 0.0931. The third-order valence-electron chi connectivity index (χ3n) is 5.52. The molecule has 2 aromatic heterocycles. The van der Waals surface area contributed by atoms with Crippen molar-refractivity contribution in [2.75, 3.05) is 0 Å². The molecule has 4 rings (SSSR count). The van der Waals surface area contributed by atoms with Gasteiger partial charge in [-0.3, -0.25) is 4.98 Å². The van der Waals surface area contributed by atoms with E-state index in [0.717, 1.165) is 10.8 Å².